The number of amides is 3. The highest BCUT2D eigenvalue weighted by atomic mass is 32.2. The van der Waals surface area contributed by atoms with Crippen LogP contribution < -0.4 is 20.7 Å². The normalized spacial score (nSPS) is 10.6. The van der Waals surface area contributed by atoms with Crippen molar-refractivity contribution < 1.29 is 18.0 Å². The lowest BCUT2D eigenvalue weighted by molar-refractivity contribution is 0.102. The molecule has 0 aliphatic carbocycles. The van der Waals surface area contributed by atoms with Crippen molar-refractivity contribution >= 4 is 39.0 Å². The molecule has 0 saturated heterocycles. The van der Waals surface area contributed by atoms with Gasteiger partial charge < -0.3 is 16.0 Å². The number of hydrogen-bond donors (Lipinski definition) is 4. The minimum atomic E-state index is -4.26. The van der Waals surface area contributed by atoms with E-state index in [2.05, 4.69) is 27.8 Å². The standard InChI is InChI=1S/C32H30N4O4S/c1-2-3-22-33-32(38)36-41(39,40)30-17-11-10-16-28(30)35-31(37)27-21-20-25(19-18-24-12-6-4-7-13-24)23-29(27)34-26-14-8-5-9-15-26/h4-17,20-21,23,34H,2-3,22H2,1H3,(H,35,37)(H2,33,36,38). The Labute approximate surface area is 240 Å². The van der Waals surface area contributed by atoms with Gasteiger partial charge in [-0.1, -0.05) is 73.7 Å². The van der Waals surface area contributed by atoms with Gasteiger partial charge in [-0.2, -0.15) is 0 Å². The number of nitrogens with one attached hydrogen (secondary N) is 4. The summed E-state index contributed by atoms with van der Waals surface area (Å²) in [5, 5.41) is 8.47. The number of carbonyl (C=O) groups is 2. The van der Waals surface area contributed by atoms with Crippen LogP contribution in [0.5, 0.6) is 0 Å². The molecule has 8 nitrogen and oxygen atoms in total. The molecule has 4 N–H and O–H groups in total. The third-order valence-electron chi connectivity index (χ3n) is 5.91. The fourth-order valence-electron chi connectivity index (χ4n) is 3.85. The predicted octanol–water partition coefficient (Wildman–Crippen LogP) is 5.87. The highest BCUT2D eigenvalue weighted by Crippen LogP contribution is 2.26. The molecular formula is C32H30N4O4S. The summed E-state index contributed by atoms with van der Waals surface area (Å²) in [6, 6.07) is 29.1. The van der Waals surface area contributed by atoms with Crippen molar-refractivity contribution in [3.63, 3.8) is 0 Å². The van der Waals surface area contributed by atoms with E-state index >= 15 is 0 Å². The van der Waals surface area contributed by atoms with Gasteiger partial charge in [0, 0.05) is 23.4 Å². The Morgan fingerprint density at radius 2 is 1.41 bits per heavy atom. The van der Waals surface area contributed by atoms with E-state index in [-0.39, 0.29) is 16.1 Å². The van der Waals surface area contributed by atoms with Gasteiger partial charge in [0.2, 0.25) is 0 Å². The predicted molar refractivity (Wildman–Crippen MR) is 162 cm³/mol. The molecule has 4 rings (SSSR count). The average molecular weight is 567 g/mol. The molecule has 0 aliphatic rings. The quantitative estimate of drug-likeness (QED) is 0.149. The minimum Gasteiger partial charge on any atom is -0.355 e. The molecule has 0 bridgehead atoms. The van der Waals surface area contributed by atoms with Gasteiger partial charge in [0.05, 0.1) is 16.9 Å². The zero-order valence-corrected chi connectivity index (χ0v) is 23.3. The zero-order valence-electron chi connectivity index (χ0n) is 22.5. The lowest BCUT2D eigenvalue weighted by Gasteiger charge is -2.15. The van der Waals surface area contributed by atoms with Crippen LogP contribution in [0.4, 0.5) is 21.9 Å². The first-order valence-electron chi connectivity index (χ1n) is 13.1. The summed E-state index contributed by atoms with van der Waals surface area (Å²) in [7, 11) is -4.26. The van der Waals surface area contributed by atoms with Gasteiger partial charge >= 0.3 is 6.03 Å². The third-order valence-corrected chi connectivity index (χ3v) is 7.30. The van der Waals surface area contributed by atoms with Crippen LogP contribution in [0.25, 0.3) is 0 Å². The number of rotatable bonds is 9. The second-order valence-corrected chi connectivity index (χ2v) is 10.7. The summed E-state index contributed by atoms with van der Waals surface area (Å²) >= 11 is 0. The second kappa shape index (κ2) is 13.8. The maximum atomic E-state index is 13.5. The van der Waals surface area contributed by atoms with Crippen molar-refractivity contribution in [1.29, 1.82) is 0 Å². The topological polar surface area (TPSA) is 116 Å². The van der Waals surface area contributed by atoms with E-state index in [9.17, 15) is 18.0 Å². The molecule has 0 spiro atoms. The van der Waals surface area contributed by atoms with Gasteiger partial charge in [-0.15, -0.1) is 0 Å². The molecule has 3 amide bonds. The first-order chi connectivity index (χ1) is 19.9. The molecule has 0 unspecified atom stereocenters. The maximum absolute atomic E-state index is 13.5. The fourth-order valence-corrected chi connectivity index (χ4v) is 4.94. The molecule has 0 atom stereocenters. The molecule has 0 heterocycles. The number of unbranched alkanes of at least 4 members (excludes halogenated alkanes) is 1. The van der Waals surface area contributed by atoms with Gasteiger partial charge in [0.15, 0.2) is 0 Å². The monoisotopic (exact) mass is 566 g/mol. The van der Waals surface area contributed by atoms with Crippen LogP contribution in [0.1, 0.15) is 41.3 Å². The second-order valence-electron chi connectivity index (χ2n) is 9.03. The van der Waals surface area contributed by atoms with E-state index in [0.717, 1.165) is 24.1 Å². The average Bonchev–Trinajstić information content (AvgIpc) is 2.97. The molecule has 0 aliphatic heterocycles. The number of benzene rings is 4. The molecule has 41 heavy (non-hydrogen) atoms. The highest BCUT2D eigenvalue weighted by Gasteiger charge is 2.23. The van der Waals surface area contributed by atoms with E-state index < -0.39 is 22.0 Å². The number of hydrogen-bond acceptors (Lipinski definition) is 5. The van der Waals surface area contributed by atoms with Gasteiger partial charge in [0.25, 0.3) is 15.9 Å². The Hall–Kier alpha value is -5.07. The summed E-state index contributed by atoms with van der Waals surface area (Å²) in [5.41, 5.74) is 3.10. The third kappa shape index (κ3) is 8.21. The fraction of sp³-hybridized carbons (Fsp3) is 0.125. The Morgan fingerprint density at radius 1 is 0.756 bits per heavy atom. The van der Waals surface area contributed by atoms with Gasteiger partial charge in [-0.05, 0) is 61.0 Å². The van der Waals surface area contributed by atoms with Crippen molar-refractivity contribution in [2.24, 2.45) is 0 Å². The van der Waals surface area contributed by atoms with E-state index in [4.69, 9.17) is 0 Å². The Bertz CT molecular complexity index is 1680. The van der Waals surface area contributed by atoms with Crippen LogP contribution in [0, 0.1) is 11.8 Å². The van der Waals surface area contributed by atoms with Crippen molar-refractivity contribution in [2.75, 3.05) is 17.2 Å². The first-order valence-corrected chi connectivity index (χ1v) is 14.6. The van der Waals surface area contributed by atoms with Gasteiger partial charge in [-0.3, -0.25) is 4.79 Å². The molecule has 4 aromatic rings. The number of sulfonamides is 1. The summed E-state index contributed by atoms with van der Waals surface area (Å²) < 4.78 is 28.0. The summed E-state index contributed by atoms with van der Waals surface area (Å²) in [6.07, 6.45) is 1.57. The van der Waals surface area contributed by atoms with Crippen LogP contribution in [0.2, 0.25) is 0 Å². The Kier molecular flexibility index (Phi) is 9.75. The molecule has 4 aromatic carbocycles. The van der Waals surface area contributed by atoms with Crippen molar-refractivity contribution in [2.45, 2.75) is 24.7 Å². The highest BCUT2D eigenvalue weighted by molar-refractivity contribution is 7.90. The van der Waals surface area contributed by atoms with Crippen LogP contribution in [-0.4, -0.2) is 26.9 Å². The molecule has 0 fully saturated rings. The number of anilines is 3. The van der Waals surface area contributed by atoms with E-state index in [0.29, 0.717) is 17.8 Å². The lowest BCUT2D eigenvalue weighted by Crippen LogP contribution is -2.40. The van der Waals surface area contributed by atoms with Gasteiger partial charge in [-0.25, -0.2) is 17.9 Å². The van der Waals surface area contributed by atoms with E-state index in [1.165, 1.54) is 18.2 Å². The van der Waals surface area contributed by atoms with Gasteiger partial charge in [0.1, 0.15) is 4.90 Å². The van der Waals surface area contributed by atoms with Crippen molar-refractivity contribution in [1.82, 2.24) is 10.0 Å². The maximum Gasteiger partial charge on any atom is 0.328 e. The van der Waals surface area contributed by atoms with Crippen LogP contribution in [0.3, 0.4) is 0 Å². The largest absolute Gasteiger partial charge is 0.355 e. The Morgan fingerprint density at radius 3 is 2.15 bits per heavy atom. The molecule has 208 valence electrons. The molecule has 0 radical (unpaired) electrons. The number of urea groups is 1. The lowest BCUT2D eigenvalue weighted by atomic mass is 10.1. The van der Waals surface area contributed by atoms with Crippen molar-refractivity contribution in [3.05, 3.63) is 120 Å². The molecule has 0 aromatic heterocycles. The molecule has 0 saturated carbocycles. The SMILES string of the molecule is CCCCNC(=O)NS(=O)(=O)c1ccccc1NC(=O)c1ccc(C#Cc2ccccc2)cc1Nc1ccccc1. The number of para-hydroxylation sites is 2. The smallest absolute Gasteiger partial charge is 0.328 e. The van der Waals surface area contributed by atoms with Crippen LogP contribution >= 0.6 is 0 Å². The summed E-state index contributed by atoms with van der Waals surface area (Å²) in [5.74, 6) is 5.69. The van der Waals surface area contributed by atoms with Crippen molar-refractivity contribution in [3.8, 4) is 11.8 Å². The summed E-state index contributed by atoms with van der Waals surface area (Å²) in [6.45, 7) is 2.31. The minimum absolute atomic E-state index is 0.0324. The molecular weight excluding hydrogens is 536 g/mol. The molecule has 9 heteroatoms. The summed E-state index contributed by atoms with van der Waals surface area (Å²) in [4.78, 5) is 25.4. The van der Waals surface area contributed by atoms with Crippen LogP contribution in [0.15, 0.2) is 108 Å². The zero-order chi connectivity index (χ0) is 29.1. The van der Waals surface area contributed by atoms with E-state index in [1.807, 2.05) is 72.3 Å². The first kappa shape index (κ1) is 28.9. The van der Waals surface area contributed by atoms with E-state index in [1.54, 1.807) is 24.3 Å². The van der Waals surface area contributed by atoms with Crippen LogP contribution in [-0.2, 0) is 10.0 Å². The Balaban J connectivity index is 1.62. The number of carbonyl (C=O) groups excluding carboxylic acids is 2.